The maximum Gasteiger partial charge on any atom is 0.254 e. The van der Waals surface area contributed by atoms with Crippen molar-refractivity contribution in [1.82, 2.24) is 4.90 Å². The molecule has 0 unspecified atom stereocenters. The van der Waals surface area contributed by atoms with Gasteiger partial charge in [0.25, 0.3) is 5.91 Å². The Balaban J connectivity index is 2.21. The number of aryl methyl sites for hydroxylation is 1. The molecule has 0 radical (unpaired) electrons. The fourth-order valence-electron chi connectivity index (χ4n) is 1.83. The van der Waals surface area contributed by atoms with Crippen LogP contribution < -0.4 is 0 Å². The standard InChI is InChI=1S/C14H17NO2/c1-3-8-15(12-6-7-12)14(17)11-5-4-10(2)13(16)9-11/h3-5,9,12,16H,1,6-8H2,2H3. The summed E-state index contributed by atoms with van der Waals surface area (Å²) in [5.74, 6) is 0.146. The van der Waals surface area contributed by atoms with Crippen LogP contribution in [-0.4, -0.2) is 28.5 Å². The fraction of sp³-hybridized carbons (Fsp3) is 0.357. The number of hydrogen-bond acceptors (Lipinski definition) is 2. The number of nitrogens with zero attached hydrogens (tertiary/aromatic N) is 1. The molecular formula is C14H17NO2. The first-order chi connectivity index (χ1) is 8.13. The van der Waals surface area contributed by atoms with Crippen molar-refractivity contribution in [3.8, 4) is 5.75 Å². The molecule has 90 valence electrons. The van der Waals surface area contributed by atoms with Gasteiger partial charge >= 0.3 is 0 Å². The number of benzene rings is 1. The van der Waals surface area contributed by atoms with E-state index in [0.29, 0.717) is 18.2 Å². The van der Waals surface area contributed by atoms with Crippen LogP contribution in [0.15, 0.2) is 30.9 Å². The number of carbonyl (C=O) groups excluding carboxylic acids is 1. The molecule has 2 rings (SSSR count). The van der Waals surface area contributed by atoms with Gasteiger partial charge in [-0.1, -0.05) is 12.1 Å². The van der Waals surface area contributed by atoms with Crippen LogP contribution in [0, 0.1) is 6.92 Å². The van der Waals surface area contributed by atoms with Gasteiger partial charge < -0.3 is 10.0 Å². The first-order valence-corrected chi connectivity index (χ1v) is 5.85. The number of aromatic hydroxyl groups is 1. The van der Waals surface area contributed by atoms with E-state index in [1.165, 1.54) is 6.07 Å². The van der Waals surface area contributed by atoms with Gasteiger partial charge in [0.15, 0.2) is 0 Å². The lowest BCUT2D eigenvalue weighted by molar-refractivity contribution is 0.0762. The van der Waals surface area contributed by atoms with Crippen LogP contribution >= 0.6 is 0 Å². The summed E-state index contributed by atoms with van der Waals surface area (Å²) in [5, 5.41) is 9.62. The summed E-state index contributed by atoms with van der Waals surface area (Å²) >= 11 is 0. The number of phenolic OH excluding ortho intramolecular Hbond substituents is 1. The van der Waals surface area contributed by atoms with E-state index < -0.39 is 0 Å². The van der Waals surface area contributed by atoms with E-state index in [9.17, 15) is 9.90 Å². The molecule has 1 aliphatic rings. The Hall–Kier alpha value is -1.77. The Bertz CT molecular complexity index is 450. The van der Waals surface area contributed by atoms with Crippen LogP contribution in [-0.2, 0) is 0 Å². The molecule has 1 fully saturated rings. The molecule has 0 heterocycles. The minimum Gasteiger partial charge on any atom is -0.508 e. The Morgan fingerprint density at radius 3 is 2.82 bits per heavy atom. The van der Waals surface area contributed by atoms with E-state index in [4.69, 9.17) is 0 Å². The number of phenols is 1. The average Bonchev–Trinajstić information content (AvgIpc) is 3.13. The smallest absolute Gasteiger partial charge is 0.254 e. The lowest BCUT2D eigenvalue weighted by Crippen LogP contribution is -2.33. The number of hydrogen-bond donors (Lipinski definition) is 1. The third-order valence-corrected chi connectivity index (χ3v) is 3.03. The van der Waals surface area contributed by atoms with Crippen LogP contribution in [0.5, 0.6) is 5.75 Å². The third kappa shape index (κ3) is 2.49. The molecule has 0 aliphatic heterocycles. The number of rotatable bonds is 4. The van der Waals surface area contributed by atoms with E-state index in [-0.39, 0.29) is 11.7 Å². The summed E-state index contributed by atoms with van der Waals surface area (Å²) in [5.41, 5.74) is 1.32. The number of amides is 1. The Kier molecular flexibility index (Phi) is 3.18. The highest BCUT2D eigenvalue weighted by molar-refractivity contribution is 5.95. The maximum absolute atomic E-state index is 12.2. The van der Waals surface area contributed by atoms with E-state index in [0.717, 1.165) is 18.4 Å². The molecule has 3 nitrogen and oxygen atoms in total. The highest BCUT2D eigenvalue weighted by Crippen LogP contribution is 2.29. The van der Waals surface area contributed by atoms with Crippen molar-refractivity contribution in [2.45, 2.75) is 25.8 Å². The van der Waals surface area contributed by atoms with Gasteiger partial charge in [0.2, 0.25) is 0 Å². The first kappa shape index (κ1) is 11.7. The molecule has 1 aromatic carbocycles. The summed E-state index contributed by atoms with van der Waals surface area (Å²) in [4.78, 5) is 14.1. The summed E-state index contributed by atoms with van der Waals surface area (Å²) in [6, 6.07) is 5.41. The minimum atomic E-state index is -0.0253. The molecule has 17 heavy (non-hydrogen) atoms. The van der Waals surface area contributed by atoms with Crippen molar-refractivity contribution in [1.29, 1.82) is 0 Å². The second-order valence-electron chi connectivity index (χ2n) is 4.48. The van der Waals surface area contributed by atoms with Gasteiger partial charge in [-0.25, -0.2) is 0 Å². The Morgan fingerprint density at radius 2 is 2.29 bits per heavy atom. The van der Waals surface area contributed by atoms with E-state index in [1.54, 1.807) is 18.2 Å². The monoisotopic (exact) mass is 231 g/mol. The third-order valence-electron chi connectivity index (χ3n) is 3.03. The Labute approximate surface area is 101 Å². The zero-order valence-electron chi connectivity index (χ0n) is 10.0. The van der Waals surface area contributed by atoms with E-state index >= 15 is 0 Å². The summed E-state index contributed by atoms with van der Waals surface area (Å²) < 4.78 is 0. The van der Waals surface area contributed by atoms with Crippen LogP contribution in [0.1, 0.15) is 28.8 Å². The van der Waals surface area contributed by atoms with E-state index in [1.807, 2.05) is 11.8 Å². The highest BCUT2D eigenvalue weighted by atomic mass is 16.3. The zero-order valence-corrected chi connectivity index (χ0v) is 10.0. The molecule has 0 spiro atoms. The predicted octanol–water partition coefficient (Wildman–Crippen LogP) is 2.49. The molecule has 1 aliphatic carbocycles. The molecule has 1 N–H and O–H groups in total. The molecule has 3 heteroatoms. The van der Waals surface area contributed by atoms with Crippen LogP contribution in [0.2, 0.25) is 0 Å². The normalized spacial score (nSPS) is 14.4. The average molecular weight is 231 g/mol. The van der Waals surface area contributed by atoms with Gasteiger partial charge in [0.1, 0.15) is 5.75 Å². The van der Waals surface area contributed by atoms with Crippen molar-refractivity contribution in [2.75, 3.05) is 6.54 Å². The molecule has 0 bridgehead atoms. The maximum atomic E-state index is 12.2. The lowest BCUT2D eigenvalue weighted by atomic mass is 10.1. The molecular weight excluding hydrogens is 214 g/mol. The molecule has 1 saturated carbocycles. The van der Waals surface area contributed by atoms with Gasteiger partial charge in [-0.3, -0.25) is 4.79 Å². The van der Waals surface area contributed by atoms with Crippen molar-refractivity contribution < 1.29 is 9.90 Å². The molecule has 0 atom stereocenters. The van der Waals surface area contributed by atoms with Gasteiger partial charge in [0.05, 0.1) is 0 Å². The second kappa shape index (κ2) is 4.62. The van der Waals surface area contributed by atoms with Crippen molar-refractivity contribution in [3.63, 3.8) is 0 Å². The molecule has 1 aromatic rings. The van der Waals surface area contributed by atoms with Gasteiger partial charge in [-0.15, -0.1) is 6.58 Å². The quantitative estimate of drug-likeness (QED) is 0.809. The minimum absolute atomic E-state index is 0.0253. The van der Waals surface area contributed by atoms with Crippen molar-refractivity contribution in [2.24, 2.45) is 0 Å². The van der Waals surface area contributed by atoms with Crippen LogP contribution in [0.3, 0.4) is 0 Å². The second-order valence-corrected chi connectivity index (χ2v) is 4.48. The topological polar surface area (TPSA) is 40.5 Å². The summed E-state index contributed by atoms with van der Waals surface area (Å²) in [6.07, 6.45) is 3.87. The van der Waals surface area contributed by atoms with Gasteiger partial charge in [0, 0.05) is 18.2 Å². The van der Waals surface area contributed by atoms with Crippen molar-refractivity contribution >= 4 is 5.91 Å². The Morgan fingerprint density at radius 1 is 1.59 bits per heavy atom. The summed E-state index contributed by atoms with van der Waals surface area (Å²) in [7, 11) is 0. The first-order valence-electron chi connectivity index (χ1n) is 5.85. The van der Waals surface area contributed by atoms with Gasteiger partial charge in [-0.05, 0) is 37.5 Å². The largest absolute Gasteiger partial charge is 0.508 e. The molecule has 0 aromatic heterocycles. The van der Waals surface area contributed by atoms with Crippen LogP contribution in [0.4, 0.5) is 0 Å². The molecule has 0 saturated heterocycles. The van der Waals surface area contributed by atoms with Gasteiger partial charge in [-0.2, -0.15) is 0 Å². The van der Waals surface area contributed by atoms with Crippen LogP contribution in [0.25, 0.3) is 0 Å². The fourth-order valence-corrected chi connectivity index (χ4v) is 1.83. The summed E-state index contributed by atoms with van der Waals surface area (Å²) in [6.45, 7) is 6.05. The zero-order chi connectivity index (χ0) is 12.4. The van der Waals surface area contributed by atoms with Crippen molar-refractivity contribution in [3.05, 3.63) is 42.0 Å². The lowest BCUT2D eigenvalue weighted by Gasteiger charge is -2.20. The van der Waals surface area contributed by atoms with E-state index in [2.05, 4.69) is 6.58 Å². The number of carbonyl (C=O) groups is 1. The molecule has 1 amide bonds. The highest BCUT2D eigenvalue weighted by Gasteiger charge is 2.32. The SMILES string of the molecule is C=CCN(C(=O)c1ccc(C)c(O)c1)C1CC1. The predicted molar refractivity (Wildman–Crippen MR) is 67.1 cm³/mol.